The number of nitrogens with zero attached hydrogens (tertiary/aromatic N) is 1. The van der Waals surface area contributed by atoms with E-state index in [1.807, 2.05) is 12.1 Å². The summed E-state index contributed by atoms with van der Waals surface area (Å²) >= 11 is 5.95. The van der Waals surface area contributed by atoms with Crippen LogP contribution in [0.4, 0.5) is 0 Å². The summed E-state index contributed by atoms with van der Waals surface area (Å²) in [6.45, 7) is 6.79. The van der Waals surface area contributed by atoms with Crippen LogP contribution in [0.25, 0.3) is 0 Å². The van der Waals surface area contributed by atoms with Gasteiger partial charge >= 0.3 is 0 Å². The minimum atomic E-state index is 0.425. The standard InChI is InChI=1S/C18H29ClN2/c1-14-5-4-6-18(13-14)20-11-12-21(3)15(2)16-7-9-17(19)10-8-16/h7-10,14-15,18,20H,4-6,11-13H2,1-3H3. The van der Waals surface area contributed by atoms with Gasteiger partial charge < -0.3 is 5.32 Å². The molecule has 3 unspecified atom stereocenters. The van der Waals surface area contributed by atoms with Gasteiger partial charge in [-0.2, -0.15) is 0 Å². The van der Waals surface area contributed by atoms with Crippen molar-refractivity contribution >= 4 is 11.6 Å². The van der Waals surface area contributed by atoms with Crippen molar-refractivity contribution < 1.29 is 0 Å². The first-order chi connectivity index (χ1) is 10.1. The molecule has 2 nitrogen and oxygen atoms in total. The smallest absolute Gasteiger partial charge is 0.0406 e. The summed E-state index contributed by atoms with van der Waals surface area (Å²) in [6.07, 6.45) is 5.48. The molecular weight excluding hydrogens is 280 g/mol. The van der Waals surface area contributed by atoms with Gasteiger partial charge in [-0.05, 0) is 50.4 Å². The Morgan fingerprint density at radius 1 is 1.29 bits per heavy atom. The summed E-state index contributed by atoms with van der Waals surface area (Å²) < 4.78 is 0. The fraction of sp³-hybridized carbons (Fsp3) is 0.667. The van der Waals surface area contributed by atoms with E-state index in [4.69, 9.17) is 11.6 Å². The van der Waals surface area contributed by atoms with Gasteiger partial charge in [-0.25, -0.2) is 0 Å². The van der Waals surface area contributed by atoms with Crippen molar-refractivity contribution in [2.24, 2.45) is 5.92 Å². The van der Waals surface area contributed by atoms with Gasteiger partial charge in [0.25, 0.3) is 0 Å². The van der Waals surface area contributed by atoms with Crippen molar-refractivity contribution in [1.29, 1.82) is 0 Å². The summed E-state index contributed by atoms with van der Waals surface area (Å²) in [6, 6.07) is 9.35. The summed E-state index contributed by atoms with van der Waals surface area (Å²) in [5.41, 5.74) is 1.33. The van der Waals surface area contributed by atoms with Crippen molar-refractivity contribution in [3.63, 3.8) is 0 Å². The van der Waals surface area contributed by atoms with Gasteiger partial charge in [0.1, 0.15) is 0 Å². The summed E-state index contributed by atoms with van der Waals surface area (Å²) in [5, 5.41) is 4.54. The fourth-order valence-corrected chi connectivity index (χ4v) is 3.38. The lowest BCUT2D eigenvalue weighted by molar-refractivity contribution is 0.242. The molecule has 0 saturated heterocycles. The van der Waals surface area contributed by atoms with E-state index < -0.39 is 0 Å². The zero-order valence-electron chi connectivity index (χ0n) is 13.6. The first-order valence-corrected chi connectivity index (χ1v) is 8.63. The van der Waals surface area contributed by atoms with Crippen molar-refractivity contribution in [1.82, 2.24) is 10.2 Å². The van der Waals surface area contributed by atoms with Gasteiger partial charge in [0.2, 0.25) is 0 Å². The highest BCUT2D eigenvalue weighted by molar-refractivity contribution is 6.30. The maximum absolute atomic E-state index is 5.95. The SMILES string of the molecule is CC1CCCC(NCCN(C)C(C)c2ccc(Cl)cc2)C1. The van der Waals surface area contributed by atoms with E-state index in [1.54, 1.807) is 0 Å². The van der Waals surface area contributed by atoms with Crippen molar-refractivity contribution in [2.75, 3.05) is 20.1 Å². The van der Waals surface area contributed by atoms with Crippen LogP contribution in [-0.4, -0.2) is 31.1 Å². The third kappa shape index (κ3) is 5.28. The van der Waals surface area contributed by atoms with Crippen LogP contribution < -0.4 is 5.32 Å². The average Bonchev–Trinajstić information content (AvgIpc) is 2.47. The van der Waals surface area contributed by atoms with Crippen LogP contribution in [0.5, 0.6) is 0 Å². The highest BCUT2D eigenvalue weighted by atomic mass is 35.5. The van der Waals surface area contributed by atoms with Crippen LogP contribution in [0.3, 0.4) is 0 Å². The van der Waals surface area contributed by atoms with Gasteiger partial charge in [-0.3, -0.25) is 4.90 Å². The molecule has 0 aliphatic heterocycles. The molecule has 2 rings (SSSR count). The lowest BCUT2D eigenvalue weighted by Crippen LogP contribution is -2.38. The van der Waals surface area contributed by atoms with E-state index in [1.165, 1.54) is 31.2 Å². The van der Waals surface area contributed by atoms with Crippen molar-refractivity contribution in [3.8, 4) is 0 Å². The number of rotatable bonds is 6. The van der Waals surface area contributed by atoms with Crippen molar-refractivity contribution in [2.45, 2.75) is 51.6 Å². The van der Waals surface area contributed by atoms with E-state index in [2.05, 4.69) is 43.2 Å². The minimum Gasteiger partial charge on any atom is -0.313 e. The van der Waals surface area contributed by atoms with E-state index >= 15 is 0 Å². The molecule has 0 bridgehead atoms. The summed E-state index contributed by atoms with van der Waals surface area (Å²) in [5.74, 6) is 0.891. The van der Waals surface area contributed by atoms with Crippen LogP contribution >= 0.6 is 11.6 Å². The van der Waals surface area contributed by atoms with Crippen LogP contribution in [-0.2, 0) is 0 Å². The average molecular weight is 309 g/mol. The van der Waals surface area contributed by atoms with Crippen LogP contribution in [0.15, 0.2) is 24.3 Å². The Morgan fingerprint density at radius 2 is 2.00 bits per heavy atom. The van der Waals surface area contributed by atoms with Gasteiger partial charge in [0.15, 0.2) is 0 Å². The molecule has 0 heterocycles. The van der Waals surface area contributed by atoms with Gasteiger partial charge in [-0.1, -0.05) is 43.5 Å². The molecule has 0 amide bonds. The van der Waals surface area contributed by atoms with E-state index in [9.17, 15) is 0 Å². The van der Waals surface area contributed by atoms with E-state index in [0.29, 0.717) is 6.04 Å². The maximum Gasteiger partial charge on any atom is 0.0406 e. The molecule has 1 N–H and O–H groups in total. The quantitative estimate of drug-likeness (QED) is 0.832. The van der Waals surface area contributed by atoms with Crippen molar-refractivity contribution in [3.05, 3.63) is 34.9 Å². The molecule has 3 heteroatoms. The topological polar surface area (TPSA) is 15.3 Å². The Hall–Kier alpha value is -0.570. The first kappa shape index (κ1) is 16.8. The molecule has 21 heavy (non-hydrogen) atoms. The van der Waals surface area contributed by atoms with Gasteiger partial charge in [0, 0.05) is 30.2 Å². The normalized spacial score (nSPS) is 24.2. The monoisotopic (exact) mass is 308 g/mol. The summed E-state index contributed by atoms with van der Waals surface area (Å²) in [4.78, 5) is 2.41. The zero-order chi connectivity index (χ0) is 15.2. The second-order valence-electron chi connectivity index (χ2n) is 6.63. The molecule has 0 radical (unpaired) electrons. The number of hydrogen-bond donors (Lipinski definition) is 1. The molecule has 1 aliphatic carbocycles. The van der Waals surface area contributed by atoms with Gasteiger partial charge in [0.05, 0.1) is 0 Å². The number of nitrogens with one attached hydrogen (secondary N) is 1. The lowest BCUT2D eigenvalue weighted by atomic mass is 9.87. The number of halogens is 1. The predicted octanol–water partition coefficient (Wildman–Crippen LogP) is 4.50. The second kappa shape index (κ2) is 8.17. The van der Waals surface area contributed by atoms with E-state index in [0.717, 1.165) is 30.1 Å². The molecule has 1 aliphatic rings. The zero-order valence-corrected chi connectivity index (χ0v) is 14.4. The molecule has 1 aromatic carbocycles. The Bertz CT molecular complexity index is 418. The third-order valence-corrected chi connectivity index (χ3v) is 5.10. The lowest BCUT2D eigenvalue weighted by Gasteiger charge is -2.30. The summed E-state index contributed by atoms with van der Waals surface area (Å²) in [7, 11) is 2.20. The highest BCUT2D eigenvalue weighted by Crippen LogP contribution is 2.23. The van der Waals surface area contributed by atoms with Crippen LogP contribution in [0.2, 0.25) is 5.02 Å². The molecule has 1 aromatic rings. The van der Waals surface area contributed by atoms with Crippen LogP contribution in [0.1, 0.15) is 51.1 Å². The first-order valence-electron chi connectivity index (χ1n) is 8.25. The Balaban J connectivity index is 1.73. The molecule has 118 valence electrons. The Kier molecular flexibility index (Phi) is 6.53. The molecule has 1 saturated carbocycles. The molecule has 1 fully saturated rings. The third-order valence-electron chi connectivity index (χ3n) is 4.85. The second-order valence-corrected chi connectivity index (χ2v) is 7.07. The maximum atomic E-state index is 5.95. The molecule has 0 aromatic heterocycles. The fourth-order valence-electron chi connectivity index (χ4n) is 3.25. The minimum absolute atomic E-state index is 0.425. The Morgan fingerprint density at radius 3 is 2.67 bits per heavy atom. The Labute approximate surface area is 134 Å². The number of benzene rings is 1. The van der Waals surface area contributed by atoms with Gasteiger partial charge in [-0.15, -0.1) is 0 Å². The molecular formula is C18H29ClN2. The predicted molar refractivity (Wildman–Crippen MR) is 91.9 cm³/mol. The van der Waals surface area contributed by atoms with Crippen LogP contribution in [0, 0.1) is 5.92 Å². The number of hydrogen-bond acceptors (Lipinski definition) is 2. The highest BCUT2D eigenvalue weighted by Gasteiger charge is 2.18. The van der Waals surface area contributed by atoms with E-state index in [-0.39, 0.29) is 0 Å². The molecule has 0 spiro atoms. The number of likely N-dealkylation sites (N-methyl/N-ethyl adjacent to an activating group) is 1. The molecule has 3 atom stereocenters. The largest absolute Gasteiger partial charge is 0.313 e.